The van der Waals surface area contributed by atoms with Gasteiger partial charge in [-0.05, 0) is 46.8 Å². The highest BCUT2D eigenvalue weighted by molar-refractivity contribution is 9.10. The molecule has 0 spiro atoms. The zero-order valence-electron chi connectivity index (χ0n) is 7.93. The number of hydrogen-bond acceptors (Lipinski definition) is 3. The van der Waals surface area contributed by atoms with Crippen molar-refractivity contribution in [2.45, 2.75) is 24.8 Å². The average Bonchev–Trinajstić information content (AvgIpc) is 2.70. The molecule has 3 aliphatic carbocycles. The fourth-order valence-electron chi connectivity index (χ4n) is 2.28. The average molecular weight is 287 g/mol. The molecule has 0 saturated heterocycles. The third-order valence-corrected chi connectivity index (χ3v) is 3.76. The molecule has 1 unspecified atom stereocenters. The largest absolute Gasteiger partial charge is 0.360 e. The Bertz CT molecular complexity index is 460. The first kappa shape index (κ1) is 9.60. The van der Waals surface area contributed by atoms with E-state index < -0.39 is 0 Å². The Morgan fingerprint density at radius 3 is 3.00 bits per heavy atom. The Morgan fingerprint density at radius 1 is 1.53 bits per heavy atom. The van der Waals surface area contributed by atoms with Gasteiger partial charge in [0.25, 0.3) is 0 Å². The lowest BCUT2D eigenvalue weighted by Crippen LogP contribution is -2.37. The molecule has 4 rings (SSSR count). The summed E-state index contributed by atoms with van der Waals surface area (Å²) in [7, 11) is 0. The summed E-state index contributed by atoms with van der Waals surface area (Å²) in [5.41, 5.74) is 1.69. The molecule has 1 heterocycles. The zero-order valence-corrected chi connectivity index (χ0v) is 10.3. The van der Waals surface area contributed by atoms with E-state index in [1.807, 2.05) is 0 Å². The molecular formula is C10H9BrClN3. The normalized spacial score (nSPS) is 27.2. The maximum Gasteiger partial charge on any atom is 0.224 e. The van der Waals surface area contributed by atoms with Gasteiger partial charge in [0.05, 0.1) is 10.0 Å². The van der Waals surface area contributed by atoms with E-state index in [0.29, 0.717) is 0 Å². The maximum absolute atomic E-state index is 5.76. The van der Waals surface area contributed by atoms with Gasteiger partial charge >= 0.3 is 0 Å². The zero-order chi connectivity index (χ0) is 10.5. The number of rotatable bonds is 2. The lowest BCUT2D eigenvalue weighted by atomic mass is 9.87. The third-order valence-electron chi connectivity index (χ3n) is 3.00. The van der Waals surface area contributed by atoms with E-state index in [2.05, 4.69) is 37.3 Å². The van der Waals surface area contributed by atoms with Crippen LogP contribution in [0.2, 0.25) is 5.28 Å². The van der Waals surface area contributed by atoms with Gasteiger partial charge in [-0.15, -0.1) is 0 Å². The molecule has 0 radical (unpaired) electrons. The van der Waals surface area contributed by atoms with Gasteiger partial charge in [-0.3, -0.25) is 0 Å². The summed E-state index contributed by atoms with van der Waals surface area (Å²) in [5.74, 6) is 0.784. The van der Waals surface area contributed by atoms with Crippen LogP contribution >= 0.6 is 27.5 Å². The molecule has 0 aromatic carbocycles. The fraction of sp³-hybridized carbons (Fsp3) is 0.400. The van der Waals surface area contributed by atoms with Crippen molar-refractivity contribution in [3.8, 4) is 0 Å². The minimum atomic E-state index is 0.134. The summed E-state index contributed by atoms with van der Waals surface area (Å²) in [6, 6.07) is 0. The van der Waals surface area contributed by atoms with Crippen molar-refractivity contribution < 1.29 is 0 Å². The van der Waals surface area contributed by atoms with E-state index in [-0.39, 0.29) is 10.8 Å². The first-order valence-corrected chi connectivity index (χ1v) is 6.01. The van der Waals surface area contributed by atoms with Gasteiger partial charge in [0.15, 0.2) is 0 Å². The predicted molar refractivity (Wildman–Crippen MR) is 63.0 cm³/mol. The summed E-state index contributed by atoms with van der Waals surface area (Å²) >= 11 is 9.17. The van der Waals surface area contributed by atoms with Crippen LogP contribution in [0.25, 0.3) is 0 Å². The minimum Gasteiger partial charge on any atom is -0.360 e. The Morgan fingerprint density at radius 2 is 2.33 bits per heavy atom. The molecule has 1 aromatic heterocycles. The highest BCUT2D eigenvalue weighted by Crippen LogP contribution is 2.47. The minimum absolute atomic E-state index is 0.134. The quantitative estimate of drug-likeness (QED) is 0.670. The van der Waals surface area contributed by atoms with E-state index in [0.717, 1.165) is 23.1 Å². The van der Waals surface area contributed by atoms with Crippen LogP contribution in [0, 0.1) is 0 Å². The summed E-state index contributed by atoms with van der Waals surface area (Å²) < 4.78 is 0.857. The number of fused-ring (bicyclic) bond motifs is 1. The Kier molecular flexibility index (Phi) is 2.04. The lowest BCUT2D eigenvalue weighted by molar-refractivity contribution is 0.576. The van der Waals surface area contributed by atoms with Crippen molar-refractivity contribution in [3.05, 3.63) is 27.6 Å². The van der Waals surface area contributed by atoms with Crippen LogP contribution < -0.4 is 5.32 Å². The van der Waals surface area contributed by atoms with E-state index >= 15 is 0 Å². The van der Waals surface area contributed by atoms with Crippen LogP contribution in [0.15, 0.2) is 22.3 Å². The van der Waals surface area contributed by atoms with Gasteiger partial charge in [0.1, 0.15) is 5.82 Å². The molecule has 3 aliphatic rings. The summed E-state index contributed by atoms with van der Waals surface area (Å²) in [6.07, 6.45) is 7.49. The highest BCUT2D eigenvalue weighted by atomic mass is 79.9. The third kappa shape index (κ3) is 1.56. The van der Waals surface area contributed by atoms with Crippen LogP contribution in [-0.4, -0.2) is 15.5 Å². The molecule has 1 N–H and O–H groups in total. The molecular weight excluding hydrogens is 277 g/mol. The summed E-state index contributed by atoms with van der Waals surface area (Å²) in [4.78, 5) is 8.07. The van der Waals surface area contributed by atoms with E-state index in [9.17, 15) is 0 Å². The van der Waals surface area contributed by atoms with Crippen LogP contribution in [-0.2, 0) is 0 Å². The van der Waals surface area contributed by atoms with Gasteiger partial charge in [0, 0.05) is 6.20 Å². The van der Waals surface area contributed by atoms with Crippen molar-refractivity contribution in [1.29, 1.82) is 0 Å². The van der Waals surface area contributed by atoms with E-state index in [1.54, 1.807) is 11.8 Å². The van der Waals surface area contributed by atoms with Crippen LogP contribution in [0.3, 0.4) is 0 Å². The van der Waals surface area contributed by atoms with E-state index in [1.165, 1.54) is 6.42 Å². The lowest BCUT2D eigenvalue weighted by Gasteiger charge is -2.32. The van der Waals surface area contributed by atoms with Crippen molar-refractivity contribution in [2.75, 3.05) is 5.32 Å². The standard InChI is InChI=1S/C10H9BrClN3/c11-7-5-13-9(12)14-8(7)15-10-2-1-6(3-10)4-10/h3,5H,1-2,4H2,(H,13,14,15). The second-order valence-corrected chi connectivity index (χ2v) is 5.29. The van der Waals surface area contributed by atoms with Crippen molar-refractivity contribution in [3.63, 3.8) is 0 Å². The Labute approximate surface area is 101 Å². The number of anilines is 1. The molecule has 78 valence electrons. The summed E-state index contributed by atoms with van der Waals surface area (Å²) in [5, 5.41) is 3.71. The van der Waals surface area contributed by atoms with E-state index in [4.69, 9.17) is 11.6 Å². The number of aromatic nitrogens is 2. The maximum atomic E-state index is 5.76. The Hall–Kier alpha value is -0.610. The van der Waals surface area contributed by atoms with Gasteiger partial charge < -0.3 is 5.32 Å². The molecule has 0 amide bonds. The first-order valence-electron chi connectivity index (χ1n) is 4.84. The molecule has 1 aromatic rings. The molecule has 0 aliphatic heterocycles. The molecule has 1 fully saturated rings. The number of nitrogens with zero attached hydrogens (tertiary/aromatic N) is 2. The summed E-state index contributed by atoms with van der Waals surface area (Å²) in [6.45, 7) is 0. The second-order valence-electron chi connectivity index (χ2n) is 4.10. The molecule has 1 saturated carbocycles. The van der Waals surface area contributed by atoms with Crippen molar-refractivity contribution in [1.82, 2.24) is 9.97 Å². The van der Waals surface area contributed by atoms with Gasteiger partial charge in [-0.1, -0.05) is 11.6 Å². The van der Waals surface area contributed by atoms with Crippen LogP contribution in [0.5, 0.6) is 0 Å². The van der Waals surface area contributed by atoms with Gasteiger partial charge in [-0.25, -0.2) is 4.98 Å². The first-order chi connectivity index (χ1) is 7.17. The van der Waals surface area contributed by atoms with Crippen molar-refractivity contribution in [2.24, 2.45) is 0 Å². The number of halogens is 2. The van der Waals surface area contributed by atoms with Gasteiger partial charge in [0.2, 0.25) is 5.28 Å². The smallest absolute Gasteiger partial charge is 0.224 e. The second kappa shape index (κ2) is 3.19. The topological polar surface area (TPSA) is 37.8 Å². The highest BCUT2D eigenvalue weighted by Gasteiger charge is 2.43. The number of hydrogen-bond donors (Lipinski definition) is 1. The Balaban J connectivity index is 1.88. The molecule has 5 heteroatoms. The predicted octanol–water partition coefficient (Wildman–Crippen LogP) is 3.17. The van der Waals surface area contributed by atoms with Crippen molar-refractivity contribution >= 4 is 33.3 Å². The van der Waals surface area contributed by atoms with Crippen LogP contribution in [0.1, 0.15) is 19.3 Å². The molecule has 2 bridgehead atoms. The molecule has 15 heavy (non-hydrogen) atoms. The van der Waals surface area contributed by atoms with Gasteiger partial charge in [-0.2, -0.15) is 4.98 Å². The number of nitrogens with one attached hydrogen (secondary N) is 1. The SMILES string of the molecule is Clc1ncc(Br)c(NC23C=C(CC2)C3)n1. The van der Waals surface area contributed by atoms with Crippen LogP contribution in [0.4, 0.5) is 5.82 Å². The monoisotopic (exact) mass is 285 g/mol. The molecule has 1 atom stereocenters. The molecule has 3 nitrogen and oxygen atoms in total. The fourth-order valence-corrected chi connectivity index (χ4v) is 2.71.